The molecule has 2 saturated heterocycles. The van der Waals surface area contributed by atoms with Crippen molar-refractivity contribution in [1.29, 1.82) is 0 Å². The fraction of sp³-hybridized carbons (Fsp3) is 0.583. The highest BCUT2D eigenvalue weighted by Gasteiger charge is 2.19. The van der Waals surface area contributed by atoms with Gasteiger partial charge in [0.05, 0.1) is 11.7 Å². The van der Waals surface area contributed by atoms with E-state index in [4.69, 9.17) is 19.4 Å². The van der Waals surface area contributed by atoms with Crippen LogP contribution >= 0.6 is 0 Å². The van der Waals surface area contributed by atoms with Gasteiger partial charge in [-0.1, -0.05) is 0 Å². The first-order valence-electron chi connectivity index (χ1n) is 12.1. The Bertz CT molecular complexity index is 1070. The van der Waals surface area contributed by atoms with Crippen molar-refractivity contribution in [3.8, 4) is 0 Å². The van der Waals surface area contributed by atoms with Crippen molar-refractivity contribution < 1.29 is 9.47 Å². The van der Waals surface area contributed by atoms with E-state index < -0.39 is 0 Å². The van der Waals surface area contributed by atoms with Crippen LogP contribution in [0.5, 0.6) is 0 Å². The summed E-state index contributed by atoms with van der Waals surface area (Å²) in [5.41, 5.74) is 1.88. The van der Waals surface area contributed by atoms with E-state index in [9.17, 15) is 0 Å². The molecule has 9 heteroatoms. The normalized spacial score (nSPS) is 19.4. The molecule has 33 heavy (non-hydrogen) atoms. The fourth-order valence-electron chi connectivity index (χ4n) is 4.60. The molecule has 2 fully saturated rings. The van der Waals surface area contributed by atoms with Crippen LogP contribution in [0.4, 0.5) is 17.6 Å². The maximum absolute atomic E-state index is 6.02. The zero-order valence-corrected chi connectivity index (χ0v) is 19.5. The van der Waals surface area contributed by atoms with E-state index in [1.54, 1.807) is 6.20 Å². The molecule has 5 heterocycles. The molecule has 0 saturated carbocycles. The monoisotopic (exact) mass is 451 g/mol. The average Bonchev–Trinajstić information content (AvgIpc) is 3.22. The molecule has 0 bridgehead atoms. The maximum Gasteiger partial charge on any atom is 0.227 e. The van der Waals surface area contributed by atoms with Gasteiger partial charge in [0.1, 0.15) is 29.6 Å². The van der Waals surface area contributed by atoms with Crippen LogP contribution in [0.2, 0.25) is 0 Å². The molecule has 0 amide bonds. The van der Waals surface area contributed by atoms with Crippen LogP contribution in [0.1, 0.15) is 64.2 Å². The summed E-state index contributed by atoms with van der Waals surface area (Å²) >= 11 is 0. The van der Waals surface area contributed by atoms with Gasteiger partial charge in [0, 0.05) is 38.0 Å². The summed E-state index contributed by atoms with van der Waals surface area (Å²) in [6, 6.07) is 4.15. The fourth-order valence-corrected chi connectivity index (χ4v) is 4.60. The molecule has 3 aromatic heterocycles. The highest BCUT2D eigenvalue weighted by molar-refractivity contribution is 5.79. The third-order valence-corrected chi connectivity index (χ3v) is 6.24. The van der Waals surface area contributed by atoms with Gasteiger partial charge in [-0.25, -0.2) is 15.0 Å². The molecule has 0 aliphatic carbocycles. The van der Waals surface area contributed by atoms with Crippen LogP contribution < -0.4 is 10.2 Å². The molecule has 1 unspecified atom stereocenters. The van der Waals surface area contributed by atoms with Crippen LogP contribution in [0.25, 0.3) is 11.0 Å². The lowest BCUT2D eigenvalue weighted by atomic mass is 10.1. The van der Waals surface area contributed by atoms with E-state index in [2.05, 4.69) is 38.6 Å². The Morgan fingerprint density at radius 1 is 1.09 bits per heavy atom. The summed E-state index contributed by atoms with van der Waals surface area (Å²) in [6.07, 6.45) is 10.3. The Kier molecular flexibility index (Phi) is 6.68. The number of hydrogen-bond donors (Lipinski definition) is 1. The number of nitrogens with one attached hydrogen (secondary N) is 1. The second-order valence-corrected chi connectivity index (χ2v) is 9.07. The number of imidazole rings is 1. The number of rotatable bonds is 7. The van der Waals surface area contributed by atoms with Gasteiger partial charge in [-0.3, -0.25) is 0 Å². The van der Waals surface area contributed by atoms with Gasteiger partial charge >= 0.3 is 0 Å². The van der Waals surface area contributed by atoms with Crippen molar-refractivity contribution in [3.63, 3.8) is 0 Å². The van der Waals surface area contributed by atoms with Gasteiger partial charge in [0.2, 0.25) is 5.95 Å². The van der Waals surface area contributed by atoms with E-state index in [0.717, 1.165) is 73.4 Å². The smallest absolute Gasteiger partial charge is 0.227 e. The first kappa shape index (κ1) is 22.0. The van der Waals surface area contributed by atoms with E-state index in [-0.39, 0.29) is 12.3 Å². The highest BCUT2D eigenvalue weighted by atomic mass is 16.7. The summed E-state index contributed by atoms with van der Waals surface area (Å²) in [5, 5.41) is 3.35. The summed E-state index contributed by atoms with van der Waals surface area (Å²) in [6.45, 7) is 7.53. The summed E-state index contributed by atoms with van der Waals surface area (Å²) in [7, 11) is 0. The Morgan fingerprint density at radius 2 is 1.97 bits per heavy atom. The van der Waals surface area contributed by atoms with Crippen molar-refractivity contribution in [2.45, 2.75) is 71.3 Å². The first-order chi connectivity index (χ1) is 16.2. The topological polar surface area (TPSA) is 90.2 Å². The molecule has 1 atom stereocenters. The van der Waals surface area contributed by atoms with Crippen molar-refractivity contribution in [2.75, 3.05) is 29.9 Å². The summed E-state index contributed by atoms with van der Waals surface area (Å²) in [4.78, 5) is 20.8. The molecule has 9 nitrogen and oxygen atoms in total. The lowest BCUT2D eigenvalue weighted by Crippen LogP contribution is -2.31. The highest BCUT2D eigenvalue weighted by Crippen LogP contribution is 2.26. The number of hydrogen-bond acceptors (Lipinski definition) is 8. The number of ether oxygens (including phenoxy) is 2. The Hall–Kier alpha value is -2.78. The SMILES string of the molecule is CC(C)n1c(COC2CCCCO2)nc2cnc(Nc3ccnc(N4CCCCC4)n3)cc21. The molecule has 0 aromatic carbocycles. The van der Waals surface area contributed by atoms with Crippen LogP contribution in [0.3, 0.4) is 0 Å². The molecule has 0 spiro atoms. The third kappa shape index (κ3) is 5.09. The number of piperidine rings is 1. The van der Waals surface area contributed by atoms with Crippen molar-refractivity contribution in [2.24, 2.45) is 0 Å². The predicted octanol–water partition coefficient (Wildman–Crippen LogP) is 4.58. The predicted molar refractivity (Wildman–Crippen MR) is 128 cm³/mol. The molecule has 2 aliphatic rings. The largest absolute Gasteiger partial charge is 0.353 e. The maximum atomic E-state index is 6.02. The molecule has 5 rings (SSSR count). The van der Waals surface area contributed by atoms with Crippen molar-refractivity contribution >= 4 is 28.6 Å². The standard InChI is InChI=1S/C24H33N7O2/c1-17(2)31-19-14-21(28-20-9-10-25-24(29-20)30-11-5-3-6-12-30)26-15-18(19)27-22(31)16-33-23-8-4-7-13-32-23/h9-10,14-15,17,23H,3-8,11-13,16H2,1-2H3,(H,25,26,28,29). The number of anilines is 3. The van der Waals surface area contributed by atoms with Gasteiger partial charge in [0.25, 0.3) is 0 Å². The molecule has 3 aromatic rings. The Labute approximate surface area is 194 Å². The van der Waals surface area contributed by atoms with Crippen LogP contribution in [0, 0.1) is 0 Å². The summed E-state index contributed by atoms with van der Waals surface area (Å²) < 4.78 is 14.0. The van der Waals surface area contributed by atoms with E-state index in [0.29, 0.717) is 6.61 Å². The van der Waals surface area contributed by atoms with Crippen molar-refractivity contribution in [3.05, 3.63) is 30.4 Å². The third-order valence-electron chi connectivity index (χ3n) is 6.24. The number of aromatic nitrogens is 5. The minimum absolute atomic E-state index is 0.138. The first-order valence-corrected chi connectivity index (χ1v) is 12.1. The van der Waals surface area contributed by atoms with Crippen LogP contribution in [0.15, 0.2) is 24.5 Å². The minimum atomic E-state index is -0.138. The second-order valence-electron chi connectivity index (χ2n) is 9.07. The van der Waals surface area contributed by atoms with Gasteiger partial charge in [-0.15, -0.1) is 0 Å². The average molecular weight is 452 g/mol. The van der Waals surface area contributed by atoms with E-state index in [1.165, 1.54) is 19.3 Å². The zero-order chi connectivity index (χ0) is 22.6. The van der Waals surface area contributed by atoms with Crippen LogP contribution in [-0.4, -0.2) is 50.5 Å². The molecule has 1 N–H and O–H groups in total. The van der Waals surface area contributed by atoms with Gasteiger partial charge in [-0.05, 0) is 58.4 Å². The van der Waals surface area contributed by atoms with Crippen LogP contribution in [-0.2, 0) is 16.1 Å². The molecular formula is C24H33N7O2. The van der Waals surface area contributed by atoms with E-state index in [1.807, 2.05) is 18.3 Å². The quantitative estimate of drug-likeness (QED) is 0.558. The Balaban J connectivity index is 1.35. The number of fused-ring (bicyclic) bond motifs is 1. The van der Waals surface area contributed by atoms with Gasteiger partial charge < -0.3 is 24.3 Å². The van der Waals surface area contributed by atoms with E-state index >= 15 is 0 Å². The van der Waals surface area contributed by atoms with Gasteiger partial charge in [0.15, 0.2) is 6.29 Å². The lowest BCUT2D eigenvalue weighted by molar-refractivity contribution is -0.170. The number of pyridine rings is 1. The molecule has 0 radical (unpaired) electrons. The lowest BCUT2D eigenvalue weighted by Gasteiger charge is -2.26. The number of nitrogens with zero attached hydrogens (tertiary/aromatic N) is 6. The molecule has 2 aliphatic heterocycles. The molecular weight excluding hydrogens is 418 g/mol. The minimum Gasteiger partial charge on any atom is -0.353 e. The Morgan fingerprint density at radius 3 is 2.76 bits per heavy atom. The van der Waals surface area contributed by atoms with Gasteiger partial charge in [-0.2, -0.15) is 4.98 Å². The second kappa shape index (κ2) is 10.0. The summed E-state index contributed by atoms with van der Waals surface area (Å²) in [5.74, 6) is 3.14. The zero-order valence-electron chi connectivity index (χ0n) is 19.5. The van der Waals surface area contributed by atoms with Crippen molar-refractivity contribution in [1.82, 2.24) is 24.5 Å². The molecule has 176 valence electrons.